The molecule has 0 radical (unpaired) electrons. The summed E-state index contributed by atoms with van der Waals surface area (Å²) in [5, 5.41) is 15.7. The number of benzene rings is 2. The third-order valence-electron chi connectivity index (χ3n) is 5.17. The van der Waals surface area contributed by atoms with Crippen LogP contribution in [0.3, 0.4) is 0 Å². The van der Waals surface area contributed by atoms with Gasteiger partial charge in [0.05, 0.1) is 18.8 Å². The monoisotopic (exact) mass is 508 g/mol. The molecule has 0 aliphatic carbocycles. The summed E-state index contributed by atoms with van der Waals surface area (Å²) >= 11 is 3.09. The van der Waals surface area contributed by atoms with Gasteiger partial charge >= 0.3 is 0 Å². The molecular weight excluding hydrogens is 480 g/mol. The van der Waals surface area contributed by atoms with Crippen LogP contribution >= 0.6 is 23.5 Å². The molecule has 1 N–H and O–H groups in total. The second-order valence-electron chi connectivity index (χ2n) is 7.91. The molecule has 9 heteroatoms. The van der Waals surface area contributed by atoms with Crippen molar-refractivity contribution in [3.05, 3.63) is 59.2 Å². The zero-order chi connectivity index (χ0) is 24.8. The Morgan fingerprint density at radius 1 is 1.11 bits per heavy atom. The Bertz CT molecular complexity index is 1210. The van der Waals surface area contributed by atoms with Crippen LogP contribution < -0.4 is 9.47 Å². The predicted molar refractivity (Wildman–Crippen MR) is 145 cm³/mol. The van der Waals surface area contributed by atoms with Crippen molar-refractivity contribution < 1.29 is 14.3 Å². The minimum absolute atomic E-state index is 0.0324. The van der Waals surface area contributed by atoms with Gasteiger partial charge in [0, 0.05) is 10.6 Å². The van der Waals surface area contributed by atoms with Crippen LogP contribution in [0.2, 0.25) is 0 Å². The van der Waals surface area contributed by atoms with Gasteiger partial charge in [0.25, 0.3) is 5.91 Å². The van der Waals surface area contributed by atoms with Crippen LogP contribution in [-0.4, -0.2) is 45.9 Å². The SMILES string of the molecule is CCCC1=NN2C(=N)/C(=C/c3ccc(OCCSc4ccc(C)cc4)c(OCC)c3)C(=O)N=C2S1. The third-order valence-corrected chi connectivity index (χ3v) is 7.11. The first kappa shape index (κ1) is 25.1. The maximum absolute atomic E-state index is 12.7. The van der Waals surface area contributed by atoms with E-state index in [0.717, 1.165) is 29.2 Å². The lowest BCUT2D eigenvalue weighted by Crippen LogP contribution is -2.35. The van der Waals surface area contributed by atoms with Gasteiger partial charge in [-0.2, -0.15) is 15.1 Å². The lowest BCUT2D eigenvalue weighted by Gasteiger charge is -2.20. The molecule has 2 heterocycles. The van der Waals surface area contributed by atoms with Gasteiger partial charge in [0.15, 0.2) is 17.3 Å². The van der Waals surface area contributed by atoms with Crippen molar-refractivity contribution in [1.82, 2.24) is 5.01 Å². The highest BCUT2D eigenvalue weighted by Crippen LogP contribution is 2.32. The molecule has 0 bridgehead atoms. The summed E-state index contributed by atoms with van der Waals surface area (Å²) < 4.78 is 11.8. The summed E-state index contributed by atoms with van der Waals surface area (Å²) in [4.78, 5) is 18.0. The van der Waals surface area contributed by atoms with Crippen molar-refractivity contribution in [3.8, 4) is 11.5 Å². The molecule has 35 heavy (non-hydrogen) atoms. The summed E-state index contributed by atoms with van der Waals surface area (Å²) in [6, 6.07) is 13.9. The number of amides is 1. The molecule has 0 spiro atoms. The number of nitrogens with one attached hydrogen (secondary N) is 1. The number of nitrogens with zero attached hydrogens (tertiary/aromatic N) is 3. The zero-order valence-corrected chi connectivity index (χ0v) is 21.7. The lowest BCUT2D eigenvalue weighted by atomic mass is 10.1. The summed E-state index contributed by atoms with van der Waals surface area (Å²) in [5.74, 6) is 1.65. The average Bonchev–Trinajstić information content (AvgIpc) is 3.24. The number of carbonyl (C=O) groups is 1. The maximum Gasteiger partial charge on any atom is 0.283 e. The van der Waals surface area contributed by atoms with Crippen molar-refractivity contribution >= 4 is 51.6 Å². The van der Waals surface area contributed by atoms with E-state index in [1.165, 1.54) is 27.2 Å². The number of hydrogen-bond acceptors (Lipinski definition) is 7. The molecule has 1 amide bonds. The van der Waals surface area contributed by atoms with Crippen LogP contribution in [0.1, 0.15) is 37.8 Å². The molecule has 0 unspecified atom stereocenters. The van der Waals surface area contributed by atoms with Crippen LogP contribution in [0.15, 0.2) is 63.0 Å². The number of amidine groups is 2. The standard InChI is InChI=1S/C26H28N4O3S2/c1-4-6-23-29-30-24(27)20(25(31)28-26(30)35-23)15-18-9-12-21(22(16-18)32-5-2)33-13-14-34-19-10-7-17(3)8-11-19/h7-12,15-16,27H,4-6,13-14H2,1-3H3/b20-15-,27-24?. The summed E-state index contributed by atoms with van der Waals surface area (Å²) in [5.41, 5.74) is 2.17. The minimum atomic E-state index is -0.437. The Labute approximate surface area is 214 Å². The predicted octanol–water partition coefficient (Wildman–Crippen LogP) is 5.98. The molecule has 7 nitrogen and oxygen atoms in total. The molecular formula is C26H28N4O3S2. The van der Waals surface area contributed by atoms with Crippen LogP contribution in [0.25, 0.3) is 6.08 Å². The van der Waals surface area contributed by atoms with Gasteiger partial charge in [-0.1, -0.05) is 30.7 Å². The van der Waals surface area contributed by atoms with E-state index in [0.29, 0.717) is 29.9 Å². The number of ether oxygens (including phenoxy) is 2. The highest BCUT2D eigenvalue weighted by atomic mass is 32.2. The molecule has 0 saturated carbocycles. The molecule has 2 aromatic rings. The van der Waals surface area contributed by atoms with Gasteiger partial charge in [0.1, 0.15) is 5.04 Å². The number of hydrazone groups is 1. The third kappa shape index (κ3) is 6.15. The Morgan fingerprint density at radius 2 is 1.91 bits per heavy atom. The summed E-state index contributed by atoms with van der Waals surface area (Å²) in [7, 11) is 0. The molecule has 0 atom stereocenters. The molecule has 2 aliphatic heterocycles. The van der Waals surface area contributed by atoms with E-state index in [9.17, 15) is 4.79 Å². The van der Waals surface area contributed by atoms with E-state index in [2.05, 4.69) is 48.2 Å². The fourth-order valence-electron chi connectivity index (χ4n) is 3.46. The Hall–Kier alpha value is -3.04. The van der Waals surface area contributed by atoms with Crippen LogP contribution in [0, 0.1) is 12.3 Å². The quantitative estimate of drug-likeness (QED) is 0.241. The van der Waals surface area contributed by atoms with E-state index in [1.54, 1.807) is 17.8 Å². The fraction of sp³-hybridized carbons (Fsp3) is 0.308. The second-order valence-corrected chi connectivity index (χ2v) is 10.1. The number of aryl methyl sites for hydroxylation is 1. The van der Waals surface area contributed by atoms with Crippen LogP contribution in [0.5, 0.6) is 11.5 Å². The lowest BCUT2D eigenvalue weighted by molar-refractivity contribution is -0.114. The van der Waals surface area contributed by atoms with Crippen LogP contribution in [0.4, 0.5) is 0 Å². The second kappa shape index (κ2) is 11.6. The van der Waals surface area contributed by atoms with E-state index in [-0.39, 0.29) is 11.4 Å². The van der Waals surface area contributed by atoms with Gasteiger partial charge in [0.2, 0.25) is 5.17 Å². The molecule has 182 valence electrons. The Balaban J connectivity index is 1.45. The van der Waals surface area contributed by atoms with E-state index in [4.69, 9.17) is 14.9 Å². The van der Waals surface area contributed by atoms with Crippen molar-refractivity contribution in [2.45, 2.75) is 38.5 Å². The maximum atomic E-state index is 12.7. The highest BCUT2D eigenvalue weighted by molar-refractivity contribution is 8.26. The molecule has 4 rings (SSSR count). The van der Waals surface area contributed by atoms with Gasteiger partial charge in [-0.15, -0.1) is 11.8 Å². The number of fused-ring (bicyclic) bond motifs is 1. The molecule has 0 fully saturated rings. The topological polar surface area (TPSA) is 87.3 Å². The van der Waals surface area contributed by atoms with Gasteiger partial charge in [-0.3, -0.25) is 10.2 Å². The number of carbonyl (C=O) groups excluding carboxylic acids is 1. The first-order valence-electron chi connectivity index (χ1n) is 11.6. The van der Waals surface area contributed by atoms with E-state index < -0.39 is 5.91 Å². The molecule has 0 saturated heterocycles. The smallest absolute Gasteiger partial charge is 0.283 e. The first-order valence-corrected chi connectivity index (χ1v) is 13.4. The normalized spacial score (nSPS) is 16.3. The number of aliphatic imine (C=N–C) groups is 1. The Morgan fingerprint density at radius 3 is 2.66 bits per heavy atom. The fourth-order valence-corrected chi connectivity index (χ4v) is 5.18. The average molecular weight is 509 g/mol. The van der Waals surface area contributed by atoms with Crippen molar-refractivity contribution in [1.29, 1.82) is 5.41 Å². The molecule has 0 aromatic heterocycles. The largest absolute Gasteiger partial charge is 0.490 e. The Kier molecular flexibility index (Phi) is 8.30. The molecule has 2 aliphatic rings. The number of thioether (sulfide) groups is 2. The van der Waals surface area contributed by atoms with Crippen LogP contribution in [-0.2, 0) is 4.79 Å². The minimum Gasteiger partial charge on any atom is -0.490 e. The first-order chi connectivity index (χ1) is 17.0. The van der Waals surface area contributed by atoms with E-state index >= 15 is 0 Å². The van der Waals surface area contributed by atoms with Crippen molar-refractivity contribution in [2.75, 3.05) is 19.0 Å². The van der Waals surface area contributed by atoms with Gasteiger partial charge in [-0.25, -0.2) is 0 Å². The molecule has 2 aromatic carbocycles. The zero-order valence-electron chi connectivity index (χ0n) is 20.0. The summed E-state index contributed by atoms with van der Waals surface area (Å²) in [6.45, 7) is 7.07. The van der Waals surface area contributed by atoms with Crippen molar-refractivity contribution in [2.24, 2.45) is 10.1 Å². The highest BCUT2D eigenvalue weighted by Gasteiger charge is 2.35. The van der Waals surface area contributed by atoms with Crippen molar-refractivity contribution in [3.63, 3.8) is 0 Å². The number of rotatable bonds is 10. The van der Waals surface area contributed by atoms with E-state index in [1.807, 2.05) is 25.1 Å². The van der Waals surface area contributed by atoms with Gasteiger partial charge < -0.3 is 9.47 Å². The number of hydrogen-bond donors (Lipinski definition) is 1. The van der Waals surface area contributed by atoms with Gasteiger partial charge in [-0.05, 0) is 74.4 Å². The summed E-state index contributed by atoms with van der Waals surface area (Å²) in [6.07, 6.45) is 3.39.